The second-order valence-corrected chi connectivity index (χ2v) is 3.86. The smallest absolute Gasteiger partial charge is 0.295 e. The number of halogens is 1. The molecule has 0 amide bonds. The van der Waals surface area contributed by atoms with Gasteiger partial charge in [-0.15, -0.1) is 0 Å². The van der Waals surface area contributed by atoms with Crippen LogP contribution in [-0.4, -0.2) is 24.1 Å². The highest BCUT2D eigenvalue weighted by Crippen LogP contribution is 2.32. The zero-order chi connectivity index (χ0) is 11.7. The minimum Gasteiger partial charge on any atom is -0.362 e. The fourth-order valence-corrected chi connectivity index (χ4v) is 1.95. The van der Waals surface area contributed by atoms with E-state index in [9.17, 15) is 14.5 Å². The number of nitro benzene ring substituents is 1. The van der Waals surface area contributed by atoms with Crippen molar-refractivity contribution in [3.8, 4) is 0 Å². The lowest BCUT2D eigenvalue weighted by Gasteiger charge is -2.18. The van der Waals surface area contributed by atoms with Gasteiger partial charge in [-0.05, 0) is 12.5 Å². The first-order valence-electron chi connectivity index (χ1n) is 5.03. The van der Waals surface area contributed by atoms with E-state index in [1.54, 1.807) is 4.90 Å². The van der Waals surface area contributed by atoms with Gasteiger partial charge < -0.3 is 10.6 Å². The molecule has 86 valence electrons. The molecule has 0 aliphatic carbocycles. The molecule has 0 aromatic heterocycles. The largest absolute Gasteiger partial charge is 0.362 e. The first-order valence-corrected chi connectivity index (χ1v) is 5.03. The minimum atomic E-state index is -0.567. The van der Waals surface area contributed by atoms with Crippen molar-refractivity contribution in [2.75, 3.05) is 18.0 Å². The number of hydrogen-bond acceptors (Lipinski definition) is 4. The summed E-state index contributed by atoms with van der Waals surface area (Å²) in [5.74, 6) is -0.566. The number of nitro groups is 1. The highest BCUT2D eigenvalue weighted by atomic mass is 19.1. The van der Waals surface area contributed by atoms with Gasteiger partial charge in [0.25, 0.3) is 5.69 Å². The molecular weight excluding hydrogens is 213 g/mol. The van der Waals surface area contributed by atoms with Crippen molar-refractivity contribution in [3.63, 3.8) is 0 Å². The highest BCUT2D eigenvalue weighted by molar-refractivity contribution is 5.64. The summed E-state index contributed by atoms with van der Waals surface area (Å²) in [6.45, 7) is 1.02. The molecule has 6 heteroatoms. The third-order valence-corrected chi connectivity index (χ3v) is 2.70. The Morgan fingerprint density at radius 1 is 1.56 bits per heavy atom. The van der Waals surface area contributed by atoms with Gasteiger partial charge in [-0.25, -0.2) is 4.39 Å². The van der Waals surface area contributed by atoms with Crippen LogP contribution in [0.15, 0.2) is 18.2 Å². The van der Waals surface area contributed by atoms with Gasteiger partial charge in [0, 0.05) is 25.2 Å². The van der Waals surface area contributed by atoms with Crippen molar-refractivity contribution in [1.82, 2.24) is 0 Å². The predicted octanol–water partition coefficient (Wildman–Crippen LogP) is 1.27. The van der Waals surface area contributed by atoms with Gasteiger partial charge in [0.15, 0.2) is 11.5 Å². The fourth-order valence-electron chi connectivity index (χ4n) is 1.95. The summed E-state index contributed by atoms with van der Waals surface area (Å²) in [7, 11) is 0. The third kappa shape index (κ3) is 1.83. The van der Waals surface area contributed by atoms with E-state index in [4.69, 9.17) is 5.73 Å². The van der Waals surface area contributed by atoms with Gasteiger partial charge in [0.05, 0.1) is 4.92 Å². The molecule has 2 rings (SSSR count). The van der Waals surface area contributed by atoms with E-state index in [-0.39, 0.29) is 17.4 Å². The quantitative estimate of drug-likeness (QED) is 0.607. The Bertz CT molecular complexity index is 425. The number of anilines is 1. The summed E-state index contributed by atoms with van der Waals surface area (Å²) in [5.41, 5.74) is 5.56. The van der Waals surface area contributed by atoms with Crippen molar-refractivity contribution in [2.24, 2.45) is 5.73 Å². The molecule has 1 aromatic carbocycles. The van der Waals surface area contributed by atoms with Crippen LogP contribution >= 0.6 is 0 Å². The van der Waals surface area contributed by atoms with E-state index in [2.05, 4.69) is 0 Å². The molecule has 1 saturated heterocycles. The molecule has 2 N–H and O–H groups in total. The number of hydrogen-bond donors (Lipinski definition) is 1. The van der Waals surface area contributed by atoms with Crippen LogP contribution in [0.3, 0.4) is 0 Å². The Hall–Kier alpha value is -1.69. The van der Waals surface area contributed by atoms with Crippen LogP contribution in [0.4, 0.5) is 15.8 Å². The van der Waals surface area contributed by atoms with Crippen molar-refractivity contribution >= 4 is 11.4 Å². The average molecular weight is 225 g/mol. The van der Waals surface area contributed by atoms with Crippen LogP contribution in [0.2, 0.25) is 0 Å². The summed E-state index contributed by atoms with van der Waals surface area (Å²) in [6.07, 6.45) is 0.728. The van der Waals surface area contributed by atoms with Crippen molar-refractivity contribution in [3.05, 3.63) is 34.1 Å². The monoisotopic (exact) mass is 225 g/mol. The molecule has 0 unspecified atom stereocenters. The van der Waals surface area contributed by atoms with Gasteiger partial charge in [0.2, 0.25) is 0 Å². The molecule has 16 heavy (non-hydrogen) atoms. The predicted molar refractivity (Wildman–Crippen MR) is 57.9 cm³/mol. The SMILES string of the molecule is N[C@@H]1CCN(c2c(F)cccc2[N+](=O)[O-])C1. The summed E-state index contributed by atoms with van der Waals surface area (Å²) in [6, 6.07) is 3.83. The molecule has 1 aromatic rings. The van der Waals surface area contributed by atoms with Crippen LogP contribution in [0.1, 0.15) is 6.42 Å². The lowest BCUT2D eigenvalue weighted by atomic mass is 10.2. The summed E-state index contributed by atoms with van der Waals surface area (Å²) >= 11 is 0. The van der Waals surface area contributed by atoms with Crippen molar-refractivity contribution < 1.29 is 9.31 Å². The molecule has 0 radical (unpaired) electrons. The Balaban J connectivity index is 2.42. The first kappa shape index (κ1) is 10.8. The Labute approximate surface area is 91.8 Å². The van der Waals surface area contributed by atoms with E-state index in [1.807, 2.05) is 0 Å². The van der Waals surface area contributed by atoms with E-state index in [1.165, 1.54) is 18.2 Å². The molecule has 0 spiro atoms. The van der Waals surface area contributed by atoms with E-state index in [0.29, 0.717) is 13.1 Å². The normalized spacial score (nSPS) is 20.1. The lowest BCUT2D eigenvalue weighted by molar-refractivity contribution is -0.384. The zero-order valence-corrected chi connectivity index (χ0v) is 8.60. The standard InChI is InChI=1S/C10H12FN3O2/c11-8-2-1-3-9(14(15)16)10(8)13-5-4-7(12)6-13/h1-3,7H,4-6,12H2/t7-/m1/s1. The topological polar surface area (TPSA) is 72.4 Å². The third-order valence-electron chi connectivity index (χ3n) is 2.70. The fraction of sp³-hybridized carbons (Fsp3) is 0.400. The molecular formula is C10H12FN3O2. The highest BCUT2D eigenvalue weighted by Gasteiger charge is 2.28. The number of rotatable bonds is 2. The molecule has 1 fully saturated rings. The number of nitrogens with zero attached hydrogens (tertiary/aromatic N) is 2. The molecule has 0 saturated carbocycles. The summed E-state index contributed by atoms with van der Waals surface area (Å²) < 4.78 is 13.6. The van der Waals surface area contributed by atoms with Gasteiger partial charge in [-0.1, -0.05) is 6.07 Å². The molecule has 5 nitrogen and oxygen atoms in total. The summed E-state index contributed by atoms with van der Waals surface area (Å²) in [5, 5.41) is 10.8. The lowest BCUT2D eigenvalue weighted by Crippen LogP contribution is -2.27. The maximum atomic E-state index is 13.6. The zero-order valence-electron chi connectivity index (χ0n) is 8.60. The van der Waals surface area contributed by atoms with Crippen LogP contribution < -0.4 is 10.6 Å². The minimum absolute atomic E-state index is 0.0424. The molecule has 1 aliphatic rings. The van der Waals surface area contributed by atoms with Gasteiger partial charge in [-0.2, -0.15) is 0 Å². The van der Waals surface area contributed by atoms with Crippen LogP contribution in [0.5, 0.6) is 0 Å². The Morgan fingerprint density at radius 3 is 2.88 bits per heavy atom. The number of benzene rings is 1. The second kappa shape index (κ2) is 4.05. The Kier molecular flexibility index (Phi) is 2.74. The van der Waals surface area contributed by atoms with Crippen LogP contribution in [0, 0.1) is 15.9 Å². The average Bonchev–Trinajstić information content (AvgIpc) is 2.64. The molecule has 1 atom stereocenters. The maximum absolute atomic E-state index is 13.6. The number of para-hydroxylation sites is 1. The molecule has 1 aliphatic heterocycles. The Morgan fingerprint density at radius 2 is 2.31 bits per heavy atom. The van der Waals surface area contributed by atoms with E-state index in [0.717, 1.165) is 6.42 Å². The summed E-state index contributed by atoms with van der Waals surface area (Å²) in [4.78, 5) is 11.9. The maximum Gasteiger partial charge on any atom is 0.295 e. The molecule has 1 heterocycles. The van der Waals surface area contributed by atoms with E-state index < -0.39 is 10.7 Å². The molecule has 0 bridgehead atoms. The second-order valence-electron chi connectivity index (χ2n) is 3.86. The first-order chi connectivity index (χ1) is 7.59. The van der Waals surface area contributed by atoms with Crippen LogP contribution in [0.25, 0.3) is 0 Å². The van der Waals surface area contributed by atoms with Gasteiger partial charge in [0.1, 0.15) is 0 Å². The van der Waals surface area contributed by atoms with E-state index >= 15 is 0 Å². The van der Waals surface area contributed by atoms with Gasteiger partial charge in [-0.3, -0.25) is 10.1 Å². The van der Waals surface area contributed by atoms with Gasteiger partial charge >= 0.3 is 0 Å². The van der Waals surface area contributed by atoms with Crippen molar-refractivity contribution in [2.45, 2.75) is 12.5 Å². The van der Waals surface area contributed by atoms with Crippen molar-refractivity contribution in [1.29, 1.82) is 0 Å². The van der Waals surface area contributed by atoms with Crippen LogP contribution in [-0.2, 0) is 0 Å². The number of nitrogens with two attached hydrogens (primary N) is 1.